The Kier molecular flexibility index (Phi) is 4.96. The molecule has 1 rings (SSSR count). The molecule has 0 spiro atoms. The van der Waals surface area contributed by atoms with Crippen LogP contribution in [0, 0.1) is 0 Å². The molecule has 2 N–H and O–H groups in total. The van der Waals surface area contributed by atoms with E-state index >= 15 is 0 Å². The highest BCUT2D eigenvalue weighted by Gasteiger charge is 2.38. The Bertz CT molecular complexity index is 326. The molecule has 0 aromatic heterocycles. The summed E-state index contributed by atoms with van der Waals surface area (Å²) in [4.78, 5) is 0. The predicted molar refractivity (Wildman–Crippen MR) is 59.5 cm³/mol. The van der Waals surface area contributed by atoms with Gasteiger partial charge in [0.2, 0.25) is 0 Å². The maximum Gasteiger partial charge on any atom is 0.415 e. The Balaban J connectivity index is 2.55. The first-order valence-corrected chi connectivity index (χ1v) is 5.48. The molecule has 0 aliphatic heterocycles. The van der Waals surface area contributed by atoms with E-state index in [4.69, 9.17) is 5.11 Å². The molecule has 2 nitrogen and oxygen atoms in total. The zero-order valence-corrected chi connectivity index (χ0v) is 9.54. The highest BCUT2D eigenvalue weighted by molar-refractivity contribution is 5.18. The van der Waals surface area contributed by atoms with Crippen molar-refractivity contribution in [3.05, 3.63) is 35.9 Å². The summed E-state index contributed by atoms with van der Waals surface area (Å²) in [5, 5.41) is 11.6. The molecule has 1 aromatic rings. The topological polar surface area (TPSA) is 32.3 Å². The maximum absolute atomic E-state index is 12.1. The standard InChI is InChI=1S/C12H16F3NO/c1-2-10(9-6-4-3-5-7-9)16-8-11(17)12(13,14)15/h3-7,10-11,16-17H,2,8H2,1H3. The summed E-state index contributed by atoms with van der Waals surface area (Å²) in [6.45, 7) is 1.39. The van der Waals surface area contributed by atoms with E-state index in [1.165, 1.54) is 0 Å². The Morgan fingerprint density at radius 3 is 2.29 bits per heavy atom. The summed E-state index contributed by atoms with van der Waals surface area (Å²) in [5.74, 6) is 0. The monoisotopic (exact) mass is 247 g/mol. The van der Waals surface area contributed by atoms with Gasteiger partial charge < -0.3 is 10.4 Å². The zero-order chi connectivity index (χ0) is 12.9. The first-order chi connectivity index (χ1) is 7.95. The van der Waals surface area contributed by atoms with Crippen molar-refractivity contribution in [2.24, 2.45) is 0 Å². The lowest BCUT2D eigenvalue weighted by molar-refractivity contribution is -0.202. The lowest BCUT2D eigenvalue weighted by Crippen LogP contribution is -2.39. The van der Waals surface area contributed by atoms with Crippen molar-refractivity contribution in [3.8, 4) is 0 Å². The molecular weight excluding hydrogens is 231 g/mol. The highest BCUT2D eigenvalue weighted by atomic mass is 19.4. The molecule has 17 heavy (non-hydrogen) atoms. The van der Waals surface area contributed by atoms with Crippen molar-refractivity contribution in [2.45, 2.75) is 31.7 Å². The van der Waals surface area contributed by atoms with E-state index in [1.807, 2.05) is 37.3 Å². The Hall–Kier alpha value is -1.07. The molecule has 2 unspecified atom stereocenters. The highest BCUT2D eigenvalue weighted by Crippen LogP contribution is 2.21. The van der Waals surface area contributed by atoms with E-state index in [2.05, 4.69) is 5.32 Å². The molecule has 0 saturated heterocycles. The van der Waals surface area contributed by atoms with Crippen LogP contribution in [-0.4, -0.2) is 23.9 Å². The Morgan fingerprint density at radius 2 is 1.82 bits per heavy atom. The molecule has 0 heterocycles. The van der Waals surface area contributed by atoms with Gasteiger partial charge in [-0.1, -0.05) is 37.3 Å². The molecule has 5 heteroatoms. The van der Waals surface area contributed by atoms with E-state index in [0.717, 1.165) is 5.56 Å². The van der Waals surface area contributed by atoms with Gasteiger partial charge in [0.25, 0.3) is 0 Å². The van der Waals surface area contributed by atoms with Gasteiger partial charge in [-0.2, -0.15) is 13.2 Å². The number of hydrogen-bond acceptors (Lipinski definition) is 2. The summed E-state index contributed by atoms with van der Waals surface area (Å²) in [6.07, 6.45) is -6.23. The Morgan fingerprint density at radius 1 is 1.24 bits per heavy atom. The summed E-state index contributed by atoms with van der Waals surface area (Å²) >= 11 is 0. The van der Waals surface area contributed by atoms with E-state index in [-0.39, 0.29) is 6.04 Å². The summed E-state index contributed by atoms with van der Waals surface area (Å²) in [7, 11) is 0. The van der Waals surface area contributed by atoms with Crippen LogP contribution in [0.1, 0.15) is 24.9 Å². The molecule has 0 bridgehead atoms. The first-order valence-electron chi connectivity index (χ1n) is 5.48. The van der Waals surface area contributed by atoms with Gasteiger partial charge in [-0.05, 0) is 12.0 Å². The third-order valence-electron chi connectivity index (χ3n) is 2.55. The molecule has 0 aliphatic carbocycles. The minimum Gasteiger partial charge on any atom is -0.382 e. The molecule has 0 radical (unpaired) electrons. The average molecular weight is 247 g/mol. The number of nitrogens with one attached hydrogen (secondary N) is 1. The SMILES string of the molecule is CCC(NCC(O)C(F)(F)F)c1ccccc1. The minimum atomic E-state index is -4.57. The van der Waals surface area contributed by atoms with Crippen molar-refractivity contribution < 1.29 is 18.3 Å². The van der Waals surface area contributed by atoms with Crippen LogP contribution < -0.4 is 5.32 Å². The van der Waals surface area contributed by atoms with Gasteiger partial charge in [0, 0.05) is 12.6 Å². The third kappa shape index (κ3) is 4.36. The molecule has 0 amide bonds. The second-order valence-corrected chi connectivity index (χ2v) is 3.84. The minimum absolute atomic E-state index is 0.173. The number of rotatable bonds is 5. The van der Waals surface area contributed by atoms with Gasteiger partial charge in [-0.15, -0.1) is 0 Å². The van der Waals surface area contributed by atoms with Gasteiger partial charge in [-0.3, -0.25) is 0 Å². The van der Waals surface area contributed by atoms with Crippen molar-refractivity contribution in [1.82, 2.24) is 5.32 Å². The van der Waals surface area contributed by atoms with Crippen LogP contribution in [0.2, 0.25) is 0 Å². The summed E-state index contributed by atoms with van der Waals surface area (Å²) in [5.41, 5.74) is 0.921. The fourth-order valence-electron chi connectivity index (χ4n) is 1.55. The molecule has 0 fully saturated rings. The largest absolute Gasteiger partial charge is 0.415 e. The number of alkyl halides is 3. The fourth-order valence-corrected chi connectivity index (χ4v) is 1.55. The van der Waals surface area contributed by atoms with Gasteiger partial charge in [0.1, 0.15) is 0 Å². The van der Waals surface area contributed by atoms with Crippen molar-refractivity contribution >= 4 is 0 Å². The fraction of sp³-hybridized carbons (Fsp3) is 0.500. The normalized spacial score (nSPS) is 15.6. The van der Waals surface area contributed by atoms with Crippen LogP contribution >= 0.6 is 0 Å². The number of aliphatic hydroxyl groups is 1. The van der Waals surface area contributed by atoms with Gasteiger partial charge in [0.15, 0.2) is 6.10 Å². The molecule has 0 aliphatic rings. The van der Waals surface area contributed by atoms with E-state index in [0.29, 0.717) is 6.42 Å². The average Bonchev–Trinajstić information content (AvgIpc) is 2.29. The number of aliphatic hydroxyl groups excluding tert-OH is 1. The first kappa shape index (κ1) is 14.0. The Labute approximate surface area is 98.5 Å². The molecule has 96 valence electrons. The van der Waals surface area contributed by atoms with Gasteiger partial charge in [0.05, 0.1) is 0 Å². The number of halogens is 3. The van der Waals surface area contributed by atoms with Crippen LogP contribution in [0.5, 0.6) is 0 Å². The third-order valence-corrected chi connectivity index (χ3v) is 2.55. The van der Waals surface area contributed by atoms with Crippen molar-refractivity contribution in [2.75, 3.05) is 6.54 Å². The van der Waals surface area contributed by atoms with Crippen LogP contribution in [0.3, 0.4) is 0 Å². The number of benzene rings is 1. The van der Waals surface area contributed by atoms with Crippen LogP contribution in [-0.2, 0) is 0 Å². The summed E-state index contributed by atoms with van der Waals surface area (Å²) < 4.78 is 36.3. The predicted octanol–water partition coefficient (Wildman–Crippen LogP) is 2.65. The lowest BCUT2D eigenvalue weighted by Gasteiger charge is -2.21. The zero-order valence-electron chi connectivity index (χ0n) is 9.54. The maximum atomic E-state index is 12.1. The molecule has 1 aromatic carbocycles. The van der Waals surface area contributed by atoms with Crippen molar-refractivity contribution in [3.63, 3.8) is 0 Å². The molecule has 2 atom stereocenters. The second kappa shape index (κ2) is 6.02. The van der Waals surface area contributed by atoms with Gasteiger partial charge in [-0.25, -0.2) is 0 Å². The van der Waals surface area contributed by atoms with Crippen LogP contribution in [0.4, 0.5) is 13.2 Å². The number of hydrogen-bond donors (Lipinski definition) is 2. The van der Waals surface area contributed by atoms with Crippen LogP contribution in [0.25, 0.3) is 0 Å². The van der Waals surface area contributed by atoms with E-state index in [1.54, 1.807) is 0 Å². The molecular formula is C12H16F3NO. The van der Waals surface area contributed by atoms with Crippen LogP contribution in [0.15, 0.2) is 30.3 Å². The van der Waals surface area contributed by atoms with Crippen molar-refractivity contribution in [1.29, 1.82) is 0 Å². The second-order valence-electron chi connectivity index (χ2n) is 3.84. The van der Waals surface area contributed by atoms with E-state index < -0.39 is 18.8 Å². The smallest absolute Gasteiger partial charge is 0.382 e. The summed E-state index contributed by atoms with van der Waals surface area (Å²) in [6, 6.07) is 9.04. The lowest BCUT2D eigenvalue weighted by atomic mass is 10.0. The van der Waals surface area contributed by atoms with E-state index in [9.17, 15) is 13.2 Å². The molecule has 0 saturated carbocycles. The van der Waals surface area contributed by atoms with Gasteiger partial charge >= 0.3 is 6.18 Å². The quantitative estimate of drug-likeness (QED) is 0.838.